The van der Waals surface area contributed by atoms with Crippen molar-refractivity contribution in [1.29, 1.82) is 0 Å². The average molecular weight is 297 g/mol. The lowest BCUT2D eigenvalue weighted by molar-refractivity contribution is -0.151. The zero-order valence-electron chi connectivity index (χ0n) is 13.1. The third kappa shape index (κ3) is 3.15. The van der Waals surface area contributed by atoms with Crippen molar-refractivity contribution in [3.05, 3.63) is 0 Å². The van der Waals surface area contributed by atoms with Gasteiger partial charge in [-0.15, -0.1) is 0 Å². The number of carboxylic acids is 1. The molecule has 2 saturated heterocycles. The number of urea groups is 1. The van der Waals surface area contributed by atoms with Gasteiger partial charge in [0.25, 0.3) is 0 Å². The minimum atomic E-state index is -1.06. The van der Waals surface area contributed by atoms with Crippen molar-refractivity contribution in [1.82, 2.24) is 15.1 Å². The maximum atomic E-state index is 12.9. The molecule has 2 aliphatic heterocycles. The second kappa shape index (κ2) is 6.64. The number of rotatable bonds is 3. The molecule has 2 fully saturated rings. The van der Waals surface area contributed by atoms with E-state index < -0.39 is 11.5 Å². The molecule has 0 spiro atoms. The van der Waals surface area contributed by atoms with Crippen LogP contribution in [0.25, 0.3) is 0 Å². The van der Waals surface area contributed by atoms with E-state index in [-0.39, 0.29) is 12.1 Å². The van der Waals surface area contributed by atoms with Gasteiger partial charge in [-0.1, -0.05) is 0 Å². The lowest BCUT2D eigenvalue weighted by Gasteiger charge is -2.45. The number of piperidine rings is 2. The number of carbonyl (C=O) groups excluding carboxylic acids is 1. The molecule has 1 atom stereocenters. The molecule has 0 aliphatic carbocycles. The van der Waals surface area contributed by atoms with E-state index >= 15 is 0 Å². The van der Waals surface area contributed by atoms with E-state index in [1.807, 2.05) is 11.8 Å². The molecule has 2 heterocycles. The quantitative estimate of drug-likeness (QED) is 0.828. The zero-order chi connectivity index (χ0) is 15.5. The smallest absolute Gasteiger partial charge is 0.329 e. The fraction of sp³-hybridized carbons (Fsp3) is 0.867. The van der Waals surface area contributed by atoms with Crippen LogP contribution in [0.15, 0.2) is 0 Å². The predicted molar refractivity (Wildman–Crippen MR) is 80.3 cm³/mol. The van der Waals surface area contributed by atoms with Crippen LogP contribution in [0.4, 0.5) is 4.79 Å². The summed E-state index contributed by atoms with van der Waals surface area (Å²) in [7, 11) is 0. The molecular weight excluding hydrogens is 270 g/mol. The van der Waals surface area contributed by atoms with Gasteiger partial charge in [-0.3, -0.25) is 0 Å². The number of carbonyl (C=O) groups is 2. The molecule has 2 N–H and O–H groups in total. The fourth-order valence-electron chi connectivity index (χ4n) is 3.47. The largest absolute Gasteiger partial charge is 0.480 e. The molecule has 120 valence electrons. The van der Waals surface area contributed by atoms with Gasteiger partial charge in [0.05, 0.1) is 0 Å². The number of nitrogens with zero attached hydrogens (tertiary/aromatic N) is 2. The highest BCUT2D eigenvalue weighted by molar-refractivity contribution is 5.86. The predicted octanol–water partition coefficient (Wildman–Crippen LogP) is 1.51. The Hall–Kier alpha value is -1.30. The summed E-state index contributed by atoms with van der Waals surface area (Å²) in [5, 5.41) is 12.9. The van der Waals surface area contributed by atoms with Crippen LogP contribution in [0.5, 0.6) is 0 Å². The SMILES string of the molecule is CCN(C(=O)N1CCCCC1(C)C(=O)O)C1CCNCC1. The molecule has 2 aliphatic rings. The first kappa shape index (κ1) is 16.1. The average Bonchev–Trinajstić information content (AvgIpc) is 2.49. The number of carboxylic acid groups (broad SMARTS) is 1. The van der Waals surface area contributed by atoms with Crippen molar-refractivity contribution in [3.63, 3.8) is 0 Å². The normalized spacial score (nSPS) is 27.4. The van der Waals surface area contributed by atoms with Crippen LogP contribution in [-0.4, -0.2) is 64.7 Å². The van der Waals surface area contributed by atoms with E-state index in [0.717, 1.165) is 38.8 Å². The first-order chi connectivity index (χ1) is 10.0. The number of hydrogen-bond acceptors (Lipinski definition) is 3. The van der Waals surface area contributed by atoms with E-state index in [9.17, 15) is 14.7 Å². The van der Waals surface area contributed by atoms with Gasteiger partial charge in [0.2, 0.25) is 0 Å². The van der Waals surface area contributed by atoms with Gasteiger partial charge >= 0.3 is 12.0 Å². The van der Waals surface area contributed by atoms with Gasteiger partial charge in [0.1, 0.15) is 5.54 Å². The summed E-state index contributed by atoms with van der Waals surface area (Å²) in [6, 6.07) is 0.123. The Morgan fingerprint density at radius 3 is 2.57 bits per heavy atom. The van der Waals surface area contributed by atoms with Crippen LogP contribution in [-0.2, 0) is 4.79 Å². The summed E-state index contributed by atoms with van der Waals surface area (Å²) < 4.78 is 0. The molecule has 21 heavy (non-hydrogen) atoms. The molecule has 6 heteroatoms. The van der Waals surface area contributed by atoms with Crippen LogP contribution >= 0.6 is 0 Å². The first-order valence-electron chi connectivity index (χ1n) is 8.03. The lowest BCUT2D eigenvalue weighted by atomic mass is 9.88. The van der Waals surface area contributed by atoms with E-state index in [4.69, 9.17) is 0 Å². The van der Waals surface area contributed by atoms with Crippen molar-refractivity contribution in [2.45, 2.75) is 57.5 Å². The third-order valence-corrected chi connectivity index (χ3v) is 4.92. The molecule has 0 aromatic rings. The van der Waals surface area contributed by atoms with E-state index in [1.54, 1.807) is 11.8 Å². The second-order valence-electron chi connectivity index (χ2n) is 6.24. The zero-order valence-corrected chi connectivity index (χ0v) is 13.1. The highest BCUT2D eigenvalue weighted by Gasteiger charge is 2.45. The van der Waals surface area contributed by atoms with Crippen molar-refractivity contribution >= 4 is 12.0 Å². The summed E-state index contributed by atoms with van der Waals surface area (Å²) in [6.07, 6.45) is 4.18. The summed E-state index contributed by atoms with van der Waals surface area (Å²) in [6.45, 7) is 6.68. The van der Waals surface area contributed by atoms with Crippen molar-refractivity contribution in [2.75, 3.05) is 26.2 Å². The number of hydrogen-bond donors (Lipinski definition) is 2. The van der Waals surface area contributed by atoms with Gasteiger partial charge in [0, 0.05) is 19.1 Å². The van der Waals surface area contributed by atoms with Crippen molar-refractivity contribution in [3.8, 4) is 0 Å². The molecule has 2 rings (SSSR count). The van der Waals surface area contributed by atoms with Gasteiger partial charge in [-0.25, -0.2) is 9.59 Å². The second-order valence-corrected chi connectivity index (χ2v) is 6.24. The maximum Gasteiger partial charge on any atom is 0.329 e. The molecule has 6 nitrogen and oxygen atoms in total. The van der Waals surface area contributed by atoms with Gasteiger partial charge in [0.15, 0.2) is 0 Å². The number of likely N-dealkylation sites (tertiary alicyclic amines) is 1. The Morgan fingerprint density at radius 1 is 1.33 bits per heavy atom. The monoisotopic (exact) mass is 297 g/mol. The van der Waals surface area contributed by atoms with Crippen molar-refractivity contribution < 1.29 is 14.7 Å². The minimum absolute atomic E-state index is 0.103. The number of nitrogens with one attached hydrogen (secondary N) is 1. The van der Waals surface area contributed by atoms with Crippen LogP contribution < -0.4 is 5.32 Å². The topological polar surface area (TPSA) is 72.9 Å². The van der Waals surface area contributed by atoms with Crippen LogP contribution in [0, 0.1) is 0 Å². The molecule has 0 aromatic carbocycles. The lowest BCUT2D eigenvalue weighted by Crippen LogP contribution is -2.62. The minimum Gasteiger partial charge on any atom is -0.480 e. The molecule has 0 aromatic heterocycles. The number of amides is 2. The Balaban J connectivity index is 2.16. The molecule has 0 radical (unpaired) electrons. The molecule has 1 unspecified atom stereocenters. The maximum absolute atomic E-state index is 12.9. The summed E-state index contributed by atoms with van der Waals surface area (Å²) in [5.41, 5.74) is -1.06. The Morgan fingerprint density at radius 2 is 2.00 bits per heavy atom. The van der Waals surface area contributed by atoms with Gasteiger partial charge < -0.3 is 20.2 Å². The van der Waals surface area contributed by atoms with E-state index in [0.29, 0.717) is 19.5 Å². The molecule has 2 amide bonds. The highest BCUT2D eigenvalue weighted by atomic mass is 16.4. The summed E-state index contributed by atoms with van der Waals surface area (Å²) in [5.74, 6) is -0.892. The molecular formula is C15H27N3O3. The van der Waals surface area contributed by atoms with Gasteiger partial charge in [-0.2, -0.15) is 0 Å². The van der Waals surface area contributed by atoms with Crippen LogP contribution in [0.2, 0.25) is 0 Å². The van der Waals surface area contributed by atoms with Crippen LogP contribution in [0.1, 0.15) is 46.0 Å². The first-order valence-corrected chi connectivity index (χ1v) is 8.03. The van der Waals surface area contributed by atoms with E-state index in [1.165, 1.54) is 0 Å². The Kier molecular flexibility index (Phi) is 5.08. The highest BCUT2D eigenvalue weighted by Crippen LogP contribution is 2.30. The molecule has 0 bridgehead atoms. The summed E-state index contributed by atoms with van der Waals surface area (Å²) >= 11 is 0. The third-order valence-electron chi connectivity index (χ3n) is 4.92. The number of aliphatic carboxylic acids is 1. The van der Waals surface area contributed by atoms with Crippen LogP contribution in [0.3, 0.4) is 0 Å². The molecule has 0 saturated carbocycles. The van der Waals surface area contributed by atoms with E-state index in [2.05, 4.69) is 5.32 Å². The van der Waals surface area contributed by atoms with Crippen molar-refractivity contribution in [2.24, 2.45) is 0 Å². The Labute approximate surface area is 126 Å². The standard InChI is InChI=1S/C15H27N3O3/c1-3-17(12-6-9-16-10-7-12)14(21)18-11-5-4-8-15(18,2)13(19)20/h12,16H,3-11H2,1-2H3,(H,19,20). The fourth-order valence-corrected chi connectivity index (χ4v) is 3.47. The Bertz CT molecular complexity index is 396. The summed E-state index contributed by atoms with van der Waals surface area (Å²) in [4.78, 5) is 28.0. The van der Waals surface area contributed by atoms with Gasteiger partial charge in [-0.05, 0) is 59.0 Å².